The highest BCUT2D eigenvalue weighted by atomic mass is 16.2. The van der Waals surface area contributed by atoms with Crippen LogP contribution in [0.2, 0.25) is 0 Å². The van der Waals surface area contributed by atoms with E-state index in [2.05, 4.69) is 14.9 Å². The first-order chi connectivity index (χ1) is 11.6. The van der Waals surface area contributed by atoms with Crippen LogP contribution in [-0.4, -0.2) is 77.4 Å². The van der Waals surface area contributed by atoms with Gasteiger partial charge in [-0.15, -0.1) is 0 Å². The van der Waals surface area contributed by atoms with Crippen LogP contribution in [0.15, 0.2) is 18.5 Å². The average molecular weight is 332 g/mol. The first-order valence-electron chi connectivity index (χ1n) is 8.45. The molecule has 0 aromatic carbocycles. The molecule has 2 amide bonds. The number of carbonyl (C=O) groups is 2. The zero-order valence-electron chi connectivity index (χ0n) is 13.8. The van der Waals surface area contributed by atoms with Gasteiger partial charge in [0.05, 0.1) is 12.5 Å². The lowest BCUT2D eigenvalue weighted by atomic mass is 9.96. The summed E-state index contributed by atoms with van der Waals surface area (Å²) >= 11 is 0. The van der Waals surface area contributed by atoms with E-state index in [-0.39, 0.29) is 24.3 Å². The number of piperidine rings is 1. The second kappa shape index (κ2) is 7.57. The van der Waals surface area contributed by atoms with Crippen molar-refractivity contribution in [3.05, 3.63) is 18.5 Å². The molecule has 1 atom stereocenters. The van der Waals surface area contributed by atoms with Gasteiger partial charge in [0, 0.05) is 45.1 Å². The van der Waals surface area contributed by atoms with Crippen molar-refractivity contribution >= 4 is 17.8 Å². The molecule has 0 aliphatic carbocycles. The van der Waals surface area contributed by atoms with Crippen LogP contribution in [0.25, 0.3) is 0 Å². The smallest absolute Gasteiger partial charge is 0.231 e. The number of carbonyl (C=O) groups excluding carboxylic acids is 2. The van der Waals surface area contributed by atoms with E-state index in [9.17, 15) is 9.59 Å². The summed E-state index contributed by atoms with van der Waals surface area (Å²) in [6.45, 7) is 4.56. The van der Waals surface area contributed by atoms with Crippen LogP contribution in [0.4, 0.5) is 5.95 Å². The van der Waals surface area contributed by atoms with Crippen molar-refractivity contribution in [1.29, 1.82) is 0 Å². The summed E-state index contributed by atoms with van der Waals surface area (Å²) in [6, 6.07) is 1.80. The maximum absolute atomic E-state index is 12.8. The van der Waals surface area contributed by atoms with E-state index in [4.69, 9.17) is 5.73 Å². The first kappa shape index (κ1) is 16.6. The van der Waals surface area contributed by atoms with E-state index in [1.807, 2.05) is 9.80 Å². The van der Waals surface area contributed by atoms with Crippen LogP contribution in [0, 0.1) is 5.92 Å². The molecule has 0 radical (unpaired) electrons. The molecule has 1 aromatic heterocycles. The van der Waals surface area contributed by atoms with Gasteiger partial charge < -0.3 is 15.5 Å². The number of primary amides is 1. The third kappa shape index (κ3) is 4.00. The molecule has 0 spiro atoms. The molecule has 0 bridgehead atoms. The average Bonchev–Trinajstić information content (AvgIpc) is 2.62. The van der Waals surface area contributed by atoms with Gasteiger partial charge in [-0.2, -0.15) is 0 Å². The Bertz CT molecular complexity index is 573. The summed E-state index contributed by atoms with van der Waals surface area (Å²) in [5, 5.41) is 0. The van der Waals surface area contributed by atoms with Crippen LogP contribution in [0.3, 0.4) is 0 Å². The number of piperazine rings is 1. The lowest BCUT2D eigenvalue weighted by Crippen LogP contribution is -2.53. The lowest BCUT2D eigenvalue weighted by Gasteiger charge is -2.38. The Balaban J connectivity index is 1.52. The second-order valence-electron chi connectivity index (χ2n) is 6.40. The van der Waals surface area contributed by atoms with Crippen molar-refractivity contribution in [1.82, 2.24) is 19.8 Å². The predicted octanol–water partition coefficient (Wildman–Crippen LogP) is -0.677. The van der Waals surface area contributed by atoms with Gasteiger partial charge in [-0.05, 0) is 25.5 Å². The minimum Gasteiger partial charge on any atom is -0.369 e. The van der Waals surface area contributed by atoms with E-state index >= 15 is 0 Å². The molecular formula is C16H24N6O2. The van der Waals surface area contributed by atoms with Crippen LogP contribution in [-0.2, 0) is 9.59 Å². The molecule has 2 saturated heterocycles. The Morgan fingerprint density at radius 1 is 1.12 bits per heavy atom. The molecule has 2 aliphatic heterocycles. The number of nitrogens with two attached hydrogens (primary N) is 1. The topological polar surface area (TPSA) is 95.7 Å². The Morgan fingerprint density at radius 3 is 2.50 bits per heavy atom. The van der Waals surface area contributed by atoms with E-state index < -0.39 is 0 Å². The molecule has 3 rings (SSSR count). The number of hydrogen-bond donors (Lipinski definition) is 1. The van der Waals surface area contributed by atoms with Crippen LogP contribution < -0.4 is 10.6 Å². The molecule has 8 nitrogen and oxygen atoms in total. The zero-order chi connectivity index (χ0) is 16.9. The summed E-state index contributed by atoms with van der Waals surface area (Å²) < 4.78 is 0. The number of anilines is 1. The second-order valence-corrected chi connectivity index (χ2v) is 6.40. The fourth-order valence-corrected chi connectivity index (χ4v) is 3.46. The summed E-state index contributed by atoms with van der Waals surface area (Å²) in [5.74, 6) is 0.546. The molecule has 24 heavy (non-hydrogen) atoms. The number of amides is 2. The molecule has 0 unspecified atom stereocenters. The molecule has 130 valence electrons. The van der Waals surface area contributed by atoms with Crippen molar-refractivity contribution in [2.75, 3.05) is 50.7 Å². The lowest BCUT2D eigenvalue weighted by molar-refractivity contribution is -0.138. The molecule has 2 aliphatic rings. The summed E-state index contributed by atoms with van der Waals surface area (Å²) in [6.07, 6.45) is 5.28. The van der Waals surface area contributed by atoms with E-state index in [0.29, 0.717) is 19.6 Å². The monoisotopic (exact) mass is 332 g/mol. The van der Waals surface area contributed by atoms with Gasteiger partial charge >= 0.3 is 0 Å². The van der Waals surface area contributed by atoms with Gasteiger partial charge in [0.1, 0.15) is 0 Å². The maximum Gasteiger partial charge on any atom is 0.231 e. The van der Waals surface area contributed by atoms with Crippen molar-refractivity contribution in [3.63, 3.8) is 0 Å². The number of aromatic nitrogens is 2. The van der Waals surface area contributed by atoms with Gasteiger partial charge in [0.25, 0.3) is 0 Å². The molecule has 1 aromatic rings. The summed E-state index contributed by atoms with van der Waals surface area (Å²) in [5.41, 5.74) is 5.26. The molecule has 3 heterocycles. The summed E-state index contributed by atoms with van der Waals surface area (Å²) in [7, 11) is 0. The van der Waals surface area contributed by atoms with E-state index in [1.165, 1.54) is 0 Å². The van der Waals surface area contributed by atoms with Crippen molar-refractivity contribution in [2.24, 2.45) is 11.7 Å². The molecule has 0 saturated carbocycles. The normalized spacial score (nSPS) is 22.4. The molecule has 2 fully saturated rings. The highest BCUT2D eigenvalue weighted by Gasteiger charge is 2.31. The van der Waals surface area contributed by atoms with Crippen molar-refractivity contribution in [2.45, 2.75) is 12.8 Å². The standard InChI is InChI=1S/C16H24N6O2/c17-14(23)12-20-6-1-3-13(11-20)15(24)21-7-9-22(10-8-21)16-18-4-2-5-19-16/h2,4-5,13H,1,3,6-12H2,(H2,17,23)/t13-/m0/s1. The Hall–Kier alpha value is -2.22. The predicted molar refractivity (Wildman–Crippen MR) is 89.2 cm³/mol. The number of rotatable bonds is 4. The van der Waals surface area contributed by atoms with Crippen molar-refractivity contribution < 1.29 is 9.59 Å². The van der Waals surface area contributed by atoms with Crippen LogP contribution in [0.5, 0.6) is 0 Å². The Kier molecular flexibility index (Phi) is 5.24. The minimum atomic E-state index is -0.334. The highest BCUT2D eigenvalue weighted by molar-refractivity contribution is 5.80. The van der Waals surface area contributed by atoms with Crippen LogP contribution >= 0.6 is 0 Å². The van der Waals surface area contributed by atoms with Gasteiger partial charge in [-0.3, -0.25) is 14.5 Å². The number of likely N-dealkylation sites (tertiary alicyclic amines) is 1. The van der Waals surface area contributed by atoms with Gasteiger partial charge in [-0.1, -0.05) is 0 Å². The molecular weight excluding hydrogens is 308 g/mol. The van der Waals surface area contributed by atoms with Crippen LogP contribution in [0.1, 0.15) is 12.8 Å². The summed E-state index contributed by atoms with van der Waals surface area (Å²) in [4.78, 5) is 38.4. The largest absolute Gasteiger partial charge is 0.369 e. The zero-order valence-corrected chi connectivity index (χ0v) is 13.8. The Labute approximate surface area is 141 Å². The SMILES string of the molecule is NC(=O)CN1CCC[C@H](C(=O)N2CCN(c3ncccn3)CC2)C1. The Morgan fingerprint density at radius 2 is 1.83 bits per heavy atom. The van der Waals surface area contributed by atoms with Gasteiger partial charge in [0.15, 0.2) is 0 Å². The maximum atomic E-state index is 12.8. The van der Waals surface area contributed by atoms with E-state index in [0.717, 1.165) is 38.4 Å². The quantitative estimate of drug-likeness (QED) is 0.785. The van der Waals surface area contributed by atoms with Gasteiger partial charge in [0.2, 0.25) is 17.8 Å². The number of hydrogen-bond acceptors (Lipinski definition) is 6. The molecule has 2 N–H and O–H groups in total. The minimum absolute atomic E-state index is 0.0300. The highest BCUT2D eigenvalue weighted by Crippen LogP contribution is 2.20. The third-order valence-corrected chi connectivity index (χ3v) is 4.66. The molecule has 8 heteroatoms. The first-order valence-corrected chi connectivity index (χ1v) is 8.45. The fourth-order valence-electron chi connectivity index (χ4n) is 3.46. The third-order valence-electron chi connectivity index (χ3n) is 4.66. The van der Waals surface area contributed by atoms with E-state index in [1.54, 1.807) is 18.5 Å². The fraction of sp³-hybridized carbons (Fsp3) is 0.625. The van der Waals surface area contributed by atoms with Crippen molar-refractivity contribution in [3.8, 4) is 0 Å². The number of nitrogens with zero attached hydrogens (tertiary/aromatic N) is 5. The van der Waals surface area contributed by atoms with Gasteiger partial charge in [-0.25, -0.2) is 9.97 Å².